The Morgan fingerprint density at radius 1 is 0.581 bits per heavy atom. The molecule has 31 heavy (non-hydrogen) atoms. The molecular formula is C21H27NO8S. The van der Waals surface area contributed by atoms with Gasteiger partial charge in [-0.3, -0.25) is 0 Å². The van der Waals surface area contributed by atoms with E-state index in [1.807, 2.05) is 11.9 Å². The molecule has 0 saturated heterocycles. The summed E-state index contributed by atoms with van der Waals surface area (Å²) >= 11 is 1.33. The van der Waals surface area contributed by atoms with E-state index < -0.39 is 0 Å². The Balaban J connectivity index is 2.48. The van der Waals surface area contributed by atoms with Gasteiger partial charge in [0.1, 0.15) is 11.4 Å². The molecule has 0 fully saturated rings. The molecule has 0 aromatic heterocycles. The molecule has 0 radical (unpaired) electrons. The van der Waals surface area contributed by atoms with E-state index in [0.29, 0.717) is 66.6 Å². The fourth-order valence-corrected chi connectivity index (χ4v) is 5.48. The second kappa shape index (κ2) is 9.31. The Bertz CT molecular complexity index is 917. The molecule has 3 N–H and O–H groups in total. The molecule has 0 spiro atoms. The van der Waals surface area contributed by atoms with Crippen LogP contribution in [0.4, 0.5) is 11.4 Å². The molecule has 0 amide bonds. The number of rotatable bonds is 8. The summed E-state index contributed by atoms with van der Waals surface area (Å²) in [6.07, 6.45) is 0. The zero-order valence-corrected chi connectivity index (χ0v) is 19.2. The summed E-state index contributed by atoms with van der Waals surface area (Å²) in [5.41, 5.74) is 2.60. The predicted molar refractivity (Wildman–Crippen MR) is 116 cm³/mol. The molecule has 170 valence electrons. The summed E-state index contributed by atoms with van der Waals surface area (Å²) in [4.78, 5) is 3.18. The normalized spacial score (nSPS) is 12.2. The zero-order chi connectivity index (χ0) is 22.9. The van der Waals surface area contributed by atoms with Crippen molar-refractivity contribution < 1.29 is 39.0 Å². The molecule has 0 bridgehead atoms. The average Bonchev–Trinajstić information content (AvgIpc) is 2.80. The highest BCUT2D eigenvalue weighted by Crippen LogP contribution is 2.64. The number of methoxy groups -OCH3 is 5. The molecule has 10 heteroatoms. The number of nitrogens with zero attached hydrogens (tertiary/aromatic N) is 1. The highest BCUT2D eigenvalue weighted by atomic mass is 32.2. The van der Waals surface area contributed by atoms with Gasteiger partial charge in [0.2, 0.25) is 11.5 Å². The van der Waals surface area contributed by atoms with E-state index in [4.69, 9.17) is 23.7 Å². The Kier molecular flexibility index (Phi) is 6.95. The molecule has 0 unspecified atom stereocenters. The zero-order valence-electron chi connectivity index (χ0n) is 18.4. The van der Waals surface area contributed by atoms with Crippen molar-refractivity contribution >= 4 is 23.1 Å². The minimum Gasteiger partial charge on any atom is -0.495 e. The molecular weight excluding hydrogens is 426 g/mol. The number of hydrogen-bond donors (Lipinski definition) is 3. The van der Waals surface area contributed by atoms with Crippen LogP contribution in [0.2, 0.25) is 0 Å². The van der Waals surface area contributed by atoms with Gasteiger partial charge in [-0.2, -0.15) is 0 Å². The SMILES string of the molecule is COc1c(OC)c(OC)c2c(c1OC)Sc1c(OC)c(CO)c(CO)c(CO)c1N2C. The van der Waals surface area contributed by atoms with Gasteiger partial charge in [-0.1, -0.05) is 11.8 Å². The minimum absolute atomic E-state index is 0.345. The van der Waals surface area contributed by atoms with Crippen molar-refractivity contribution in [3.8, 4) is 28.7 Å². The van der Waals surface area contributed by atoms with Gasteiger partial charge in [0.05, 0.1) is 70.8 Å². The first-order chi connectivity index (χ1) is 15.0. The molecule has 9 nitrogen and oxygen atoms in total. The van der Waals surface area contributed by atoms with Crippen molar-refractivity contribution in [2.45, 2.75) is 29.6 Å². The predicted octanol–water partition coefficient (Wildman–Crippen LogP) is 2.44. The van der Waals surface area contributed by atoms with E-state index in [1.54, 1.807) is 0 Å². The summed E-state index contributed by atoms with van der Waals surface area (Å²) in [6.45, 7) is -1.07. The highest BCUT2D eigenvalue weighted by molar-refractivity contribution is 8.00. The van der Waals surface area contributed by atoms with Crippen LogP contribution in [0.25, 0.3) is 0 Å². The van der Waals surface area contributed by atoms with E-state index in [0.717, 1.165) is 0 Å². The molecule has 1 heterocycles. The van der Waals surface area contributed by atoms with Crippen LogP contribution in [-0.4, -0.2) is 57.9 Å². The number of anilines is 2. The average molecular weight is 454 g/mol. The molecule has 1 aliphatic heterocycles. The van der Waals surface area contributed by atoms with E-state index >= 15 is 0 Å². The highest BCUT2D eigenvalue weighted by Gasteiger charge is 2.38. The second-order valence-electron chi connectivity index (χ2n) is 6.59. The third kappa shape index (κ3) is 3.30. The van der Waals surface area contributed by atoms with Gasteiger partial charge in [-0.15, -0.1) is 0 Å². The Labute approximate surface area is 185 Å². The second-order valence-corrected chi connectivity index (χ2v) is 7.61. The fourth-order valence-electron chi connectivity index (χ4n) is 4.02. The number of aliphatic hydroxyl groups excluding tert-OH is 3. The summed E-state index contributed by atoms with van der Waals surface area (Å²) in [5, 5.41) is 30.2. The summed E-state index contributed by atoms with van der Waals surface area (Å²) in [5.74, 6) is 2.03. The maximum atomic E-state index is 10.2. The van der Waals surface area contributed by atoms with Gasteiger partial charge < -0.3 is 43.9 Å². The molecule has 0 aliphatic carbocycles. The van der Waals surface area contributed by atoms with Crippen LogP contribution < -0.4 is 28.6 Å². The van der Waals surface area contributed by atoms with Crippen LogP contribution >= 0.6 is 11.8 Å². The first kappa shape index (κ1) is 23.1. The number of fused-ring (bicyclic) bond motifs is 2. The first-order valence-corrected chi connectivity index (χ1v) is 10.2. The van der Waals surface area contributed by atoms with Crippen LogP contribution in [0.1, 0.15) is 16.7 Å². The largest absolute Gasteiger partial charge is 0.495 e. The number of hydrogen-bond acceptors (Lipinski definition) is 10. The number of aliphatic hydroxyl groups is 3. The van der Waals surface area contributed by atoms with Crippen LogP contribution in [-0.2, 0) is 19.8 Å². The third-order valence-corrected chi connectivity index (χ3v) is 6.50. The molecule has 3 rings (SSSR count). The van der Waals surface area contributed by atoms with Crippen molar-refractivity contribution in [2.75, 3.05) is 47.5 Å². The van der Waals surface area contributed by atoms with Crippen molar-refractivity contribution in [1.29, 1.82) is 0 Å². The monoisotopic (exact) mass is 453 g/mol. The molecule has 2 aromatic carbocycles. The topological polar surface area (TPSA) is 110 Å². The van der Waals surface area contributed by atoms with Crippen LogP contribution in [0, 0.1) is 0 Å². The summed E-state index contributed by atoms with van der Waals surface area (Å²) < 4.78 is 28.2. The van der Waals surface area contributed by atoms with Gasteiger partial charge in [-0.25, -0.2) is 0 Å². The molecule has 2 aromatic rings. The summed E-state index contributed by atoms with van der Waals surface area (Å²) in [6, 6.07) is 0. The lowest BCUT2D eigenvalue weighted by Crippen LogP contribution is -2.21. The summed E-state index contributed by atoms with van der Waals surface area (Å²) in [7, 11) is 9.39. The van der Waals surface area contributed by atoms with Gasteiger partial charge in [0.15, 0.2) is 11.5 Å². The molecule has 0 atom stereocenters. The van der Waals surface area contributed by atoms with Gasteiger partial charge >= 0.3 is 0 Å². The van der Waals surface area contributed by atoms with E-state index in [2.05, 4.69) is 0 Å². The van der Waals surface area contributed by atoms with Gasteiger partial charge in [0.25, 0.3) is 0 Å². The maximum Gasteiger partial charge on any atom is 0.209 e. The lowest BCUT2D eigenvalue weighted by molar-refractivity contribution is 0.242. The van der Waals surface area contributed by atoms with E-state index in [-0.39, 0.29) is 19.8 Å². The minimum atomic E-state index is -0.368. The standard InChI is InChI=1S/C21H27NO8S/c1-22-13-11(8-24)10(7-23)12(9-25)15(26-2)20(13)31-21-14(22)16(27-3)17(28-4)18(29-5)19(21)30-6/h23-25H,7-9H2,1-6H3. The Morgan fingerprint density at radius 2 is 1.03 bits per heavy atom. The number of benzene rings is 2. The number of ether oxygens (including phenoxy) is 5. The molecule has 0 saturated carbocycles. The van der Waals surface area contributed by atoms with Crippen molar-refractivity contribution in [3.63, 3.8) is 0 Å². The Hall–Kier alpha value is -2.53. The fraction of sp³-hybridized carbons (Fsp3) is 0.429. The third-order valence-electron chi connectivity index (χ3n) is 5.33. The van der Waals surface area contributed by atoms with Crippen LogP contribution in [0.5, 0.6) is 28.7 Å². The van der Waals surface area contributed by atoms with Crippen molar-refractivity contribution in [3.05, 3.63) is 16.7 Å². The lowest BCUT2D eigenvalue weighted by Gasteiger charge is -2.36. The van der Waals surface area contributed by atoms with Crippen molar-refractivity contribution in [2.24, 2.45) is 0 Å². The van der Waals surface area contributed by atoms with Gasteiger partial charge in [0, 0.05) is 18.2 Å². The van der Waals surface area contributed by atoms with E-state index in [1.165, 1.54) is 47.3 Å². The quantitative estimate of drug-likeness (QED) is 0.551. The first-order valence-electron chi connectivity index (χ1n) is 9.37. The maximum absolute atomic E-state index is 10.2. The lowest BCUT2D eigenvalue weighted by atomic mass is 9.97. The Morgan fingerprint density at radius 3 is 1.48 bits per heavy atom. The van der Waals surface area contributed by atoms with E-state index in [9.17, 15) is 15.3 Å². The van der Waals surface area contributed by atoms with Gasteiger partial charge in [-0.05, 0) is 5.56 Å². The smallest absolute Gasteiger partial charge is 0.209 e. The molecule has 1 aliphatic rings. The van der Waals surface area contributed by atoms with Crippen LogP contribution in [0.15, 0.2) is 9.79 Å². The van der Waals surface area contributed by atoms with Crippen molar-refractivity contribution in [1.82, 2.24) is 0 Å². The van der Waals surface area contributed by atoms with Crippen LogP contribution in [0.3, 0.4) is 0 Å².